The lowest BCUT2D eigenvalue weighted by Gasteiger charge is -2.22. The number of nitrogens with zero attached hydrogens (tertiary/aromatic N) is 3. The van der Waals surface area contributed by atoms with Gasteiger partial charge in [0.2, 0.25) is 0 Å². The van der Waals surface area contributed by atoms with E-state index in [9.17, 15) is 18.0 Å². The maximum absolute atomic E-state index is 14.6. The summed E-state index contributed by atoms with van der Waals surface area (Å²) in [5, 5.41) is 14.9. The summed E-state index contributed by atoms with van der Waals surface area (Å²) in [6.07, 6.45) is 0.592. The number of amides is 2. The lowest BCUT2D eigenvalue weighted by Crippen LogP contribution is -2.31. The van der Waals surface area contributed by atoms with E-state index in [1.54, 1.807) is 7.05 Å². The Kier molecular flexibility index (Phi) is 4.79. The second-order valence-electron chi connectivity index (χ2n) is 7.22. The number of alkyl halides is 1. The monoisotopic (exact) mass is 449 g/mol. The molecule has 4 N–H and O–H groups in total. The molecule has 3 heterocycles. The molecule has 1 fully saturated rings. The smallest absolute Gasteiger partial charge is 0.319 e. The first kappa shape index (κ1) is 20.0. The fourth-order valence-electron chi connectivity index (χ4n) is 3.31. The van der Waals surface area contributed by atoms with Gasteiger partial charge >= 0.3 is 6.03 Å². The molecule has 2 amide bonds. The van der Waals surface area contributed by atoms with Crippen LogP contribution in [0.4, 0.5) is 41.0 Å². The van der Waals surface area contributed by atoms with Crippen LogP contribution in [0.3, 0.4) is 0 Å². The van der Waals surface area contributed by atoms with Gasteiger partial charge in [-0.15, -0.1) is 0 Å². The molecule has 1 aromatic carbocycles. The lowest BCUT2D eigenvalue weighted by atomic mass is 10.2. The minimum absolute atomic E-state index is 0.0271. The second-order valence-corrected chi connectivity index (χ2v) is 7.22. The Labute approximate surface area is 179 Å². The van der Waals surface area contributed by atoms with E-state index >= 15 is 0 Å². The van der Waals surface area contributed by atoms with Gasteiger partial charge in [0, 0.05) is 25.6 Å². The molecule has 0 spiro atoms. The number of carbonyl (C=O) groups is 1. The minimum Gasteiger partial charge on any atom is -0.486 e. The van der Waals surface area contributed by atoms with Crippen molar-refractivity contribution in [1.29, 1.82) is 0 Å². The maximum Gasteiger partial charge on any atom is 0.319 e. The summed E-state index contributed by atoms with van der Waals surface area (Å²) < 4.78 is 53.9. The van der Waals surface area contributed by atoms with Gasteiger partial charge in [0.05, 0.1) is 12.2 Å². The Morgan fingerprint density at radius 2 is 2.03 bits per heavy atom. The third-order valence-electron chi connectivity index (χ3n) is 4.98. The summed E-state index contributed by atoms with van der Waals surface area (Å²) in [7, 11) is 1.64. The number of anilines is 4. The van der Waals surface area contributed by atoms with Gasteiger partial charge in [-0.05, 0) is 0 Å². The summed E-state index contributed by atoms with van der Waals surface area (Å²) in [5.74, 6) is -1.60. The molecule has 0 bridgehead atoms. The quantitative estimate of drug-likeness (QED) is 0.474. The molecule has 3 aromatic rings. The SMILES string of the molecule is CNc1cc(Nc2c(F)c(F)cc3c2OCCO3)nc2c(NC(=O)N[C@@H]3C[C@@H]3F)cnn12. The van der Waals surface area contributed by atoms with E-state index in [1.807, 2.05) is 0 Å². The van der Waals surface area contributed by atoms with Crippen LogP contribution in [0.2, 0.25) is 0 Å². The van der Waals surface area contributed by atoms with E-state index in [1.165, 1.54) is 16.8 Å². The third kappa shape index (κ3) is 3.55. The summed E-state index contributed by atoms with van der Waals surface area (Å²) in [6.45, 7) is 0.385. The number of benzene rings is 1. The molecule has 13 heteroatoms. The normalized spacial score (nSPS) is 18.9. The van der Waals surface area contributed by atoms with Gasteiger partial charge in [-0.3, -0.25) is 0 Å². The summed E-state index contributed by atoms with van der Waals surface area (Å²) in [4.78, 5) is 16.5. The molecule has 2 aromatic heterocycles. The highest BCUT2D eigenvalue weighted by Crippen LogP contribution is 2.42. The predicted molar refractivity (Wildman–Crippen MR) is 109 cm³/mol. The van der Waals surface area contributed by atoms with Crippen molar-refractivity contribution in [1.82, 2.24) is 19.9 Å². The van der Waals surface area contributed by atoms with Crippen LogP contribution in [0.1, 0.15) is 6.42 Å². The van der Waals surface area contributed by atoms with Crippen LogP contribution in [0.15, 0.2) is 18.3 Å². The highest BCUT2D eigenvalue weighted by molar-refractivity contribution is 5.94. The van der Waals surface area contributed by atoms with Crippen molar-refractivity contribution in [3.8, 4) is 11.5 Å². The number of nitrogens with one attached hydrogen (secondary N) is 4. The number of ether oxygens (including phenoxy) is 2. The van der Waals surface area contributed by atoms with Gasteiger partial charge in [-0.25, -0.2) is 22.9 Å². The highest BCUT2D eigenvalue weighted by atomic mass is 19.2. The third-order valence-corrected chi connectivity index (χ3v) is 4.98. The molecule has 1 aliphatic heterocycles. The predicted octanol–water partition coefficient (Wildman–Crippen LogP) is 2.80. The van der Waals surface area contributed by atoms with Crippen molar-refractivity contribution in [3.05, 3.63) is 30.0 Å². The molecule has 1 aliphatic carbocycles. The maximum atomic E-state index is 14.6. The van der Waals surface area contributed by atoms with Crippen LogP contribution in [-0.4, -0.2) is 53.1 Å². The first-order valence-corrected chi connectivity index (χ1v) is 9.77. The van der Waals surface area contributed by atoms with Crippen molar-refractivity contribution in [2.45, 2.75) is 18.6 Å². The molecule has 1 saturated carbocycles. The molecule has 2 atom stereocenters. The first-order chi connectivity index (χ1) is 15.4. The van der Waals surface area contributed by atoms with Crippen molar-refractivity contribution < 1.29 is 27.4 Å². The van der Waals surface area contributed by atoms with E-state index in [0.29, 0.717) is 5.82 Å². The zero-order chi connectivity index (χ0) is 22.4. The Bertz CT molecular complexity index is 1220. The van der Waals surface area contributed by atoms with Gasteiger partial charge in [0.25, 0.3) is 0 Å². The van der Waals surface area contributed by atoms with E-state index < -0.39 is 29.9 Å². The van der Waals surface area contributed by atoms with Gasteiger partial charge < -0.3 is 30.7 Å². The summed E-state index contributed by atoms with van der Waals surface area (Å²) in [5.41, 5.74) is 0.179. The molecule has 0 unspecified atom stereocenters. The van der Waals surface area contributed by atoms with Crippen LogP contribution >= 0.6 is 0 Å². The van der Waals surface area contributed by atoms with Gasteiger partial charge in [0.15, 0.2) is 28.8 Å². The number of fused-ring (bicyclic) bond motifs is 2. The number of rotatable bonds is 5. The topological polar surface area (TPSA) is 114 Å². The molecule has 0 saturated heterocycles. The minimum atomic E-state index is -1.15. The number of carbonyl (C=O) groups excluding carboxylic acids is 1. The number of urea groups is 1. The number of halogens is 3. The first-order valence-electron chi connectivity index (χ1n) is 9.77. The largest absolute Gasteiger partial charge is 0.486 e. The second kappa shape index (κ2) is 7.66. The van der Waals surface area contributed by atoms with Crippen molar-refractivity contribution >= 4 is 34.7 Å². The fourth-order valence-corrected chi connectivity index (χ4v) is 3.31. The van der Waals surface area contributed by atoms with E-state index in [0.717, 1.165) is 6.07 Å². The summed E-state index contributed by atoms with van der Waals surface area (Å²) >= 11 is 0. The molecule has 2 aliphatic rings. The number of hydrogen-bond acceptors (Lipinski definition) is 7. The van der Waals surface area contributed by atoms with Gasteiger partial charge in [0.1, 0.15) is 42.4 Å². The van der Waals surface area contributed by atoms with Crippen LogP contribution in [0, 0.1) is 11.6 Å². The van der Waals surface area contributed by atoms with Crippen LogP contribution in [0.5, 0.6) is 11.5 Å². The van der Waals surface area contributed by atoms with Crippen molar-refractivity contribution in [3.63, 3.8) is 0 Å². The van der Waals surface area contributed by atoms with E-state index in [4.69, 9.17) is 9.47 Å². The average Bonchev–Trinajstić information content (AvgIpc) is 3.32. The Morgan fingerprint density at radius 3 is 2.78 bits per heavy atom. The zero-order valence-corrected chi connectivity index (χ0v) is 16.7. The molecule has 0 radical (unpaired) electrons. The highest BCUT2D eigenvalue weighted by Gasteiger charge is 2.38. The molecule has 5 rings (SSSR count). The number of aromatic nitrogens is 3. The standard InChI is InChI=1S/C19H18F3N7O3/c1-23-14-6-13(27-16-15(22)9(21)5-12-17(16)32-3-2-31-12)28-18-11(7-24-29(14)18)26-19(30)25-10-4-8(10)20/h5-8,10,23H,2-4H2,1H3,(H,27,28)(H2,25,26,30)/t8-,10+/m0/s1. The van der Waals surface area contributed by atoms with Crippen molar-refractivity contribution in [2.24, 2.45) is 0 Å². The van der Waals surface area contributed by atoms with Gasteiger partial charge in [-0.1, -0.05) is 0 Å². The van der Waals surface area contributed by atoms with E-state index in [-0.39, 0.29) is 54.0 Å². The van der Waals surface area contributed by atoms with Gasteiger partial charge in [-0.2, -0.15) is 9.61 Å². The Balaban J connectivity index is 1.50. The Morgan fingerprint density at radius 1 is 1.25 bits per heavy atom. The molecule has 32 heavy (non-hydrogen) atoms. The average molecular weight is 449 g/mol. The van der Waals surface area contributed by atoms with Crippen LogP contribution < -0.4 is 30.7 Å². The molecular formula is C19H18F3N7O3. The molecular weight excluding hydrogens is 431 g/mol. The number of hydrogen-bond donors (Lipinski definition) is 4. The molecule has 10 nitrogen and oxygen atoms in total. The zero-order valence-electron chi connectivity index (χ0n) is 16.7. The summed E-state index contributed by atoms with van der Waals surface area (Å²) in [6, 6.07) is 1.32. The Hall–Kier alpha value is -3.90. The van der Waals surface area contributed by atoms with E-state index in [2.05, 4.69) is 31.3 Å². The van der Waals surface area contributed by atoms with Crippen LogP contribution in [0.25, 0.3) is 5.65 Å². The lowest BCUT2D eigenvalue weighted by molar-refractivity contribution is 0.170. The van der Waals surface area contributed by atoms with Crippen molar-refractivity contribution in [2.75, 3.05) is 36.2 Å². The molecule has 168 valence electrons. The van der Waals surface area contributed by atoms with Crippen LogP contribution in [-0.2, 0) is 0 Å². The fraction of sp³-hybridized carbons (Fsp3) is 0.316.